The summed E-state index contributed by atoms with van der Waals surface area (Å²) in [7, 11) is -4.76. The van der Waals surface area contributed by atoms with Crippen LogP contribution in [0.2, 0.25) is 10.0 Å². The third-order valence-electron chi connectivity index (χ3n) is 2.74. The van der Waals surface area contributed by atoms with E-state index in [1.54, 1.807) is 0 Å². The number of rotatable bonds is 2. The molecule has 1 fully saturated rings. The fourth-order valence-electron chi connectivity index (χ4n) is 1.87. The number of nitrogens with zero attached hydrogens (tertiary/aromatic N) is 1. The number of halogens is 4. The molecule has 1 aliphatic rings. The fraction of sp³-hybridized carbons (Fsp3) is 0.300. The van der Waals surface area contributed by atoms with E-state index in [2.05, 4.69) is 15.9 Å². The lowest BCUT2D eigenvalue weighted by atomic mass is 10.3. The maximum Gasteiger partial charge on any atom is 0.307 e. The molecule has 0 bridgehead atoms. The Kier molecular flexibility index (Phi) is 4.11. The highest BCUT2D eigenvalue weighted by molar-refractivity contribution is 9.10. The maximum atomic E-state index is 12.9. The van der Waals surface area contributed by atoms with Crippen LogP contribution in [0.25, 0.3) is 0 Å². The Labute approximate surface area is 127 Å². The smallest absolute Gasteiger partial charge is 0.307 e. The molecule has 0 N–H and O–H groups in total. The lowest BCUT2D eigenvalue weighted by molar-refractivity contribution is -0.117. The Balaban J connectivity index is 2.42. The number of hydrogen-bond donors (Lipinski definition) is 0. The molecule has 0 aromatic heterocycles. The summed E-state index contributed by atoms with van der Waals surface area (Å²) in [5, 5.41) is -0.815. The van der Waals surface area contributed by atoms with Crippen LogP contribution in [0.3, 0.4) is 0 Å². The second-order valence-corrected chi connectivity index (χ2v) is 7.34. The van der Waals surface area contributed by atoms with Crippen molar-refractivity contribution in [3.8, 4) is 0 Å². The Bertz CT molecular complexity index is 629. The van der Waals surface area contributed by atoms with Crippen molar-refractivity contribution in [2.45, 2.75) is 11.7 Å². The molecule has 0 radical (unpaired) electrons. The zero-order valence-corrected chi connectivity index (χ0v) is 13.2. The van der Waals surface area contributed by atoms with Gasteiger partial charge >= 0.3 is 10.2 Å². The maximum absolute atomic E-state index is 12.9. The average Bonchev–Trinajstić information content (AvgIpc) is 2.59. The first-order valence-corrected chi connectivity index (χ1v) is 8.08. The molecule has 1 amide bonds. The van der Waals surface area contributed by atoms with E-state index in [0.29, 0.717) is 15.2 Å². The summed E-state index contributed by atoms with van der Waals surface area (Å²) in [5.41, 5.74) is 0.294. The monoisotopic (exact) mass is 389 g/mol. The second kappa shape index (κ2) is 5.20. The summed E-state index contributed by atoms with van der Waals surface area (Å²) < 4.78 is 35.1. The summed E-state index contributed by atoms with van der Waals surface area (Å²) in [4.78, 5) is 12.9. The van der Waals surface area contributed by atoms with Gasteiger partial charge in [-0.1, -0.05) is 23.2 Å². The zero-order chi connectivity index (χ0) is 14.4. The Morgan fingerprint density at radius 1 is 1.37 bits per heavy atom. The predicted octanol–water partition coefficient (Wildman–Crippen LogP) is 3.16. The molecule has 1 unspecified atom stereocenters. The molecule has 0 saturated carbocycles. The van der Waals surface area contributed by atoms with Gasteiger partial charge in [-0.3, -0.25) is 4.79 Å². The summed E-state index contributed by atoms with van der Waals surface area (Å²) in [6.45, 7) is -0.266. The minimum absolute atomic E-state index is 0.185. The van der Waals surface area contributed by atoms with Crippen LogP contribution in [0.1, 0.15) is 6.42 Å². The van der Waals surface area contributed by atoms with E-state index in [1.165, 1.54) is 12.1 Å². The molecule has 1 aromatic carbocycles. The van der Waals surface area contributed by atoms with E-state index in [1.807, 2.05) is 0 Å². The Morgan fingerprint density at radius 2 is 2.00 bits per heavy atom. The van der Waals surface area contributed by atoms with Gasteiger partial charge in [0.1, 0.15) is 5.25 Å². The van der Waals surface area contributed by atoms with Gasteiger partial charge in [-0.25, -0.2) is 0 Å². The van der Waals surface area contributed by atoms with E-state index >= 15 is 0 Å². The molecule has 0 spiro atoms. The van der Waals surface area contributed by atoms with Gasteiger partial charge in [0.05, 0.1) is 10.7 Å². The second-order valence-electron chi connectivity index (χ2n) is 4.02. The summed E-state index contributed by atoms with van der Waals surface area (Å²) in [5.74, 6) is -0.504. The van der Waals surface area contributed by atoms with E-state index in [0.717, 1.165) is 4.90 Å². The Morgan fingerprint density at radius 3 is 2.47 bits per heavy atom. The number of hydrogen-bond acceptors (Lipinski definition) is 3. The molecule has 4 nitrogen and oxygen atoms in total. The van der Waals surface area contributed by atoms with E-state index < -0.39 is 27.8 Å². The summed E-state index contributed by atoms with van der Waals surface area (Å²) >= 11 is 15.0. The van der Waals surface area contributed by atoms with Crippen LogP contribution >= 0.6 is 39.1 Å². The first-order chi connectivity index (χ1) is 8.70. The summed E-state index contributed by atoms with van der Waals surface area (Å²) in [6, 6.07) is 2.95. The van der Waals surface area contributed by atoms with Gasteiger partial charge < -0.3 is 4.90 Å². The van der Waals surface area contributed by atoms with Crippen LogP contribution in [0.4, 0.5) is 9.57 Å². The minimum atomic E-state index is -4.76. The SMILES string of the molecule is O=C1CC(S(=O)(=O)F)CN1c1c(Cl)cc(Cl)cc1Br. The molecule has 2 rings (SSSR count). The Hall–Kier alpha value is -0.370. The number of carbonyl (C=O) groups excluding carboxylic acids is 1. The standard InChI is InChI=1S/C10H7BrCl2FNO3S/c11-7-1-5(12)2-8(13)10(7)15-4-6(3-9(15)16)19(14,17)18/h1-2,6H,3-4H2. The number of anilines is 1. The van der Waals surface area contributed by atoms with Gasteiger partial charge in [-0.15, -0.1) is 3.89 Å². The van der Waals surface area contributed by atoms with Gasteiger partial charge in [-0.2, -0.15) is 8.42 Å². The van der Waals surface area contributed by atoms with Crippen molar-refractivity contribution in [2.75, 3.05) is 11.4 Å². The molecular weight excluding hydrogens is 384 g/mol. The van der Waals surface area contributed by atoms with Crippen molar-refractivity contribution < 1.29 is 17.1 Å². The van der Waals surface area contributed by atoms with Gasteiger partial charge in [0.2, 0.25) is 5.91 Å². The highest BCUT2D eigenvalue weighted by Crippen LogP contribution is 2.39. The van der Waals surface area contributed by atoms with Gasteiger partial charge in [-0.05, 0) is 28.1 Å². The fourth-order valence-corrected chi connectivity index (χ4v) is 4.06. The molecule has 1 heterocycles. The van der Waals surface area contributed by atoms with E-state index in [4.69, 9.17) is 23.2 Å². The predicted molar refractivity (Wildman–Crippen MR) is 74.9 cm³/mol. The van der Waals surface area contributed by atoms with Crippen molar-refractivity contribution in [2.24, 2.45) is 0 Å². The normalized spacial score (nSPS) is 20.1. The number of carbonyl (C=O) groups is 1. The largest absolute Gasteiger partial charge is 0.308 e. The van der Waals surface area contributed by atoms with Crippen LogP contribution in [0.5, 0.6) is 0 Å². The highest BCUT2D eigenvalue weighted by atomic mass is 79.9. The van der Waals surface area contributed by atoms with Crippen molar-refractivity contribution >= 4 is 60.9 Å². The molecule has 9 heteroatoms. The van der Waals surface area contributed by atoms with E-state index in [9.17, 15) is 17.1 Å². The lowest BCUT2D eigenvalue weighted by Gasteiger charge is -2.19. The molecule has 19 heavy (non-hydrogen) atoms. The quantitative estimate of drug-likeness (QED) is 0.729. The summed E-state index contributed by atoms with van der Waals surface area (Å²) in [6.07, 6.45) is -0.399. The zero-order valence-electron chi connectivity index (χ0n) is 9.24. The third-order valence-corrected chi connectivity index (χ3v) is 4.96. The number of benzene rings is 1. The minimum Gasteiger partial charge on any atom is -0.308 e. The van der Waals surface area contributed by atoms with Crippen LogP contribution in [-0.2, 0) is 15.0 Å². The van der Waals surface area contributed by atoms with Crippen molar-refractivity contribution in [1.29, 1.82) is 0 Å². The van der Waals surface area contributed by atoms with Crippen LogP contribution in [-0.4, -0.2) is 26.1 Å². The molecule has 1 aromatic rings. The molecule has 0 aliphatic carbocycles. The van der Waals surface area contributed by atoms with Crippen LogP contribution in [0, 0.1) is 0 Å². The van der Waals surface area contributed by atoms with Gasteiger partial charge in [0, 0.05) is 22.5 Å². The van der Waals surface area contributed by atoms with Crippen molar-refractivity contribution in [3.63, 3.8) is 0 Å². The van der Waals surface area contributed by atoms with Crippen LogP contribution in [0.15, 0.2) is 16.6 Å². The topological polar surface area (TPSA) is 54.5 Å². The highest BCUT2D eigenvalue weighted by Gasteiger charge is 2.40. The van der Waals surface area contributed by atoms with Gasteiger partial charge in [0.15, 0.2) is 0 Å². The first-order valence-electron chi connectivity index (χ1n) is 5.08. The van der Waals surface area contributed by atoms with Crippen LogP contribution < -0.4 is 4.90 Å². The van der Waals surface area contributed by atoms with Crippen molar-refractivity contribution in [3.05, 3.63) is 26.7 Å². The molecule has 104 valence electrons. The number of amides is 1. The average molecular weight is 391 g/mol. The lowest BCUT2D eigenvalue weighted by Crippen LogP contribution is -2.27. The molecule has 1 saturated heterocycles. The van der Waals surface area contributed by atoms with E-state index in [-0.39, 0.29) is 11.6 Å². The first kappa shape index (κ1) is 15.0. The third kappa shape index (κ3) is 3.04. The van der Waals surface area contributed by atoms with Gasteiger partial charge in [0.25, 0.3) is 0 Å². The molecular formula is C10H7BrCl2FNO3S. The van der Waals surface area contributed by atoms with Crippen molar-refractivity contribution in [1.82, 2.24) is 0 Å². The molecule has 1 atom stereocenters. The molecule has 1 aliphatic heterocycles.